The van der Waals surface area contributed by atoms with E-state index in [1.54, 1.807) is 6.07 Å². The lowest BCUT2D eigenvalue weighted by atomic mass is 10.0. The average Bonchev–Trinajstić information content (AvgIpc) is 2.59. The lowest BCUT2D eigenvalue weighted by Gasteiger charge is -2.41. The van der Waals surface area contributed by atoms with Gasteiger partial charge >= 0.3 is 0 Å². The van der Waals surface area contributed by atoms with Crippen LogP contribution < -0.4 is 10.2 Å². The topological polar surface area (TPSA) is 58.1 Å². The zero-order valence-corrected chi connectivity index (χ0v) is 16.5. The van der Waals surface area contributed by atoms with Crippen molar-refractivity contribution in [3.63, 3.8) is 0 Å². The molecule has 138 valence electrons. The summed E-state index contributed by atoms with van der Waals surface area (Å²) in [5.74, 6) is -0.0830. The molecule has 5 nitrogen and oxygen atoms in total. The van der Waals surface area contributed by atoms with Gasteiger partial charge in [0.15, 0.2) is 0 Å². The minimum atomic E-state index is -0.0830. The molecule has 0 spiro atoms. The summed E-state index contributed by atoms with van der Waals surface area (Å²) in [6, 6.07) is 9.45. The maximum Gasteiger partial charge on any atom is 0.251 e. The largest absolute Gasteiger partial charge is 0.366 e. The van der Waals surface area contributed by atoms with E-state index in [1.165, 1.54) is 6.20 Å². The SMILES string of the molecule is Cc1cc(C)c2cc(C(=O)NC3CN(c4cc(Cl)ncc4Cl)C3)ccc2n1. The number of amides is 1. The van der Waals surface area contributed by atoms with Crippen LogP contribution in [0.1, 0.15) is 21.6 Å². The van der Waals surface area contributed by atoms with Gasteiger partial charge < -0.3 is 10.2 Å². The monoisotopic (exact) mass is 400 g/mol. The van der Waals surface area contributed by atoms with Gasteiger partial charge in [0.2, 0.25) is 0 Å². The first kappa shape index (κ1) is 18.0. The van der Waals surface area contributed by atoms with Gasteiger partial charge in [0.1, 0.15) is 5.15 Å². The maximum absolute atomic E-state index is 12.6. The Labute approximate surface area is 167 Å². The van der Waals surface area contributed by atoms with E-state index < -0.39 is 0 Å². The van der Waals surface area contributed by atoms with Crippen LogP contribution in [0, 0.1) is 13.8 Å². The Balaban J connectivity index is 1.45. The normalized spacial score (nSPS) is 14.3. The zero-order valence-electron chi connectivity index (χ0n) is 15.0. The molecule has 1 N–H and O–H groups in total. The van der Waals surface area contributed by atoms with Gasteiger partial charge in [-0.3, -0.25) is 9.78 Å². The minimum Gasteiger partial charge on any atom is -0.366 e. The Bertz CT molecular complexity index is 1050. The molecule has 1 saturated heterocycles. The molecule has 4 rings (SSSR count). The first-order valence-electron chi connectivity index (χ1n) is 8.65. The number of nitrogens with one attached hydrogen (secondary N) is 1. The first-order chi connectivity index (χ1) is 12.9. The number of halogens is 2. The summed E-state index contributed by atoms with van der Waals surface area (Å²) < 4.78 is 0. The molecule has 0 bridgehead atoms. The van der Waals surface area contributed by atoms with E-state index in [-0.39, 0.29) is 11.9 Å². The summed E-state index contributed by atoms with van der Waals surface area (Å²) in [6.45, 7) is 5.36. The van der Waals surface area contributed by atoms with Crippen molar-refractivity contribution < 1.29 is 4.79 Å². The number of pyridine rings is 2. The molecule has 1 aliphatic rings. The van der Waals surface area contributed by atoms with E-state index in [4.69, 9.17) is 23.2 Å². The third-order valence-corrected chi connectivity index (χ3v) is 5.26. The second-order valence-corrected chi connectivity index (χ2v) is 7.64. The van der Waals surface area contributed by atoms with Crippen molar-refractivity contribution in [2.75, 3.05) is 18.0 Å². The van der Waals surface area contributed by atoms with Crippen molar-refractivity contribution in [1.29, 1.82) is 0 Å². The Hall–Kier alpha value is -2.37. The number of hydrogen-bond donors (Lipinski definition) is 1. The number of carbonyl (C=O) groups is 1. The summed E-state index contributed by atoms with van der Waals surface area (Å²) in [5.41, 5.74) is 4.47. The molecule has 1 amide bonds. The number of benzene rings is 1. The van der Waals surface area contributed by atoms with Crippen molar-refractivity contribution in [3.8, 4) is 0 Å². The van der Waals surface area contributed by atoms with Crippen molar-refractivity contribution in [2.45, 2.75) is 19.9 Å². The summed E-state index contributed by atoms with van der Waals surface area (Å²) in [6.07, 6.45) is 1.54. The third kappa shape index (κ3) is 3.57. The molecule has 0 atom stereocenters. The van der Waals surface area contributed by atoms with Crippen LogP contribution in [-0.4, -0.2) is 35.0 Å². The predicted molar refractivity (Wildman–Crippen MR) is 109 cm³/mol. The van der Waals surface area contributed by atoms with Gasteiger partial charge in [-0.15, -0.1) is 0 Å². The van der Waals surface area contributed by atoms with Gasteiger partial charge in [-0.2, -0.15) is 0 Å². The van der Waals surface area contributed by atoms with Crippen molar-refractivity contribution in [2.24, 2.45) is 0 Å². The number of rotatable bonds is 3. The van der Waals surface area contributed by atoms with Crippen LogP contribution in [-0.2, 0) is 0 Å². The van der Waals surface area contributed by atoms with E-state index in [9.17, 15) is 4.79 Å². The van der Waals surface area contributed by atoms with E-state index in [0.717, 1.165) is 27.8 Å². The molecule has 1 aromatic carbocycles. The lowest BCUT2D eigenvalue weighted by Crippen LogP contribution is -2.59. The average molecular weight is 401 g/mol. The molecular weight excluding hydrogens is 383 g/mol. The minimum absolute atomic E-state index is 0.0634. The Morgan fingerprint density at radius 1 is 1.19 bits per heavy atom. The zero-order chi connectivity index (χ0) is 19.1. The summed E-state index contributed by atoms with van der Waals surface area (Å²) >= 11 is 12.1. The second kappa shape index (κ2) is 6.98. The first-order valence-corrected chi connectivity index (χ1v) is 9.41. The van der Waals surface area contributed by atoms with Crippen LogP contribution in [0.25, 0.3) is 10.9 Å². The summed E-state index contributed by atoms with van der Waals surface area (Å²) in [4.78, 5) is 23.2. The fraction of sp³-hybridized carbons (Fsp3) is 0.250. The van der Waals surface area contributed by atoms with Crippen LogP contribution >= 0.6 is 23.2 Å². The fourth-order valence-electron chi connectivity index (χ4n) is 3.39. The van der Waals surface area contributed by atoms with E-state index in [0.29, 0.717) is 28.8 Å². The van der Waals surface area contributed by atoms with Crippen molar-refractivity contribution in [1.82, 2.24) is 15.3 Å². The number of anilines is 1. The van der Waals surface area contributed by atoms with Gasteiger partial charge in [0.05, 0.1) is 22.3 Å². The molecule has 7 heteroatoms. The molecule has 0 radical (unpaired) electrons. The predicted octanol–water partition coefficient (Wildman–Crippen LogP) is 4.17. The van der Waals surface area contributed by atoms with Crippen LogP contribution in [0.5, 0.6) is 0 Å². The Morgan fingerprint density at radius 2 is 1.96 bits per heavy atom. The van der Waals surface area contributed by atoms with E-state index >= 15 is 0 Å². The summed E-state index contributed by atoms with van der Waals surface area (Å²) in [5, 5.41) is 5.02. The van der Waals surface area contributed by atoms with E-state index in [2.05, 4.69) is 20.2 Å². The second-order valence-electron chi connectivity index (χ2n) is 6.85. The lowest BCUT2D eigenvalue weighted by molar-refractivity contribution is 0.0930. The molecule has 2 aromatic heterocycles. The van der Waals surface area contributed by atoms with Gasteiger partial charge in [0.25, 0.3) is 5.91 Å². The third-order valence-electron chi connectivity index (χ3n) is 4.76. The molecule has 27 heavy (non-hydrogen) atoms. The fourth-order valence-corrected chi connectivity index (χ4v) is 3.76. The Kier molecular flexibility index (Phi) is 4.66. The van der Waals surface area contributed by atoms with Crippen molar-refractivity contribution >= 4 is 45.7 Å². The van der Waals surface area contributed by atoms with Crippen molar-refractivity contribution in [3.05, 3.63) is 63.5 Å². The van der Waals surface area contributed by atoms with Crippen LogP contribution in [0.2, 0.25) is 10.2 Å². The highest BCUT2D eigenvalue weighted by Crippen LogP contribution is 2.30. The highest BCUT2D eigenvalue weighted by molar-refractivity contribution is 6.34. The quantitative estimate of drug-likeness (QED) is 0.670. The number of carbonyl (C=O) groups excluding carboxylic acids is 1. The standard InChI is InChI=1S/C20H18Cl2N4O/c1-11-5-12(2)24-17-4-3-13(6-15(11)17)20(27)25-14-9-26(10-14)18-7-19(22)23-8-16(18)21/h3-8,14H,9-10H2,1-2H3,(H,25,27). The van der Waals surface area contributed by atoms with Gasteiger partial charge in [-0.05, 0) is 43.7 Å². The Morgan fingerprint density at radius 3 is 2.74 bits per heavy atom. The molecule has 1 aliphatic heterocycles. The smallest absolute Gasteiger partial charge is 0.251 e. The number of fused-ring (bicyclic) bond motifs is 1. The molecule has 3 aromatic rings. The summed E-state index contributed by atoms with van der Waals surface area (Å²) in [7, 11) is 0. The number of aryl methyl sites for hydroxylation is 2. The van der Waals surface area contributed by atoms with Crippen LogP contribution in [0.4, 0.5) is 5.69 Å². The molecule has 0 unspecified atom stereocenters. The van der Waals surface area contributed by atoms with Crippen LogP contribution in [0.15, 0.2) is 36.5 Å². The highest BCUT2D eigenvalue weighted by Gasteiger charge is 2.30. The number of nitrogens with zero attached hydrogens (tertiary/aromatic N) is 3. The molecule has 3 heterocycles. The van der Waals surface area contributed by atoms with E-state index in [1.807, 2.05) is 38.1 Å². The van der Waals surface area contributed by atoms with Crippen LogP contribution in [0.3, 0.4) is 0 Å². The number of aromatic nitrogens is 2. The molecule has 1 fully saturated rings. The number of hydrogen-bond acceptors (Lipinski definition) is 4. The molecule has 0 saturated carbocycles. The molecule has 0 aliphatic carbocycles. The van der Waals surface area contributed by atoms with Gasteiger partial charge in [0, 0.05) is 42.0 Å². The highest BCUT2D eigenvalue weighted by atomic mass is 35.5. The maximum atomic E-state index is 12.6. The molecular formula is C20H18Cl2N4O. The van der Waals surface area contributed by atoms with Gasteiger partial charge in [-0.25, -0.2) is 4.98 Å². The van der Waals surface area contributed by atoms with Gasteiger partial charge in [-0.1, -0.05) is 23.2 Å².